The summed E-state index contributed by atoms with van der Waals surface area (Å²) in [4.78, 5) is 22.3. The maximum Gasteiger partial charge on any atom is 0.325 e. The molecule has 8 nitrogen and oxygen atoms in total. The van der Waals surface area contributed by atoms with Crippen molar-refractivity contribution in [1.29, 1.82) is 0 Å². The molecule has 0 saturated heterocycles. The summed E-state index contributed by atoms with van der Waals surface area (Å²) < 4.78 is 1.22. The number of carboxylic acid groups (broad SMARTS) is 1. The van der Waals surface area contributed by atoms with Crippen LogP contribution in [0.3, 0.4) is 0 Å². The zero-order valence-electron chi connectivity index (χ0n) is 11.9. The minimum atomic E-state index is -0.981. The molecular weight excluding hydrogens is 274 g/mol. The van der Waals surface area contributed by atoms with Gasteiger partial charge in [0.2, 0.25) is 0 Å². The van der Waals surface area contributed by atoms with E-state index in [0.29, 0.717) is 5.69 Å². The maximum atomic E-state index is 11.8. The Hall–Kier alpha value is -2.12. The van der Waals surface area contributed by atoms with Crippen LogP contribution in [0.2, 0.25) is 0 Å². The summed E-state index contributed by atoms with van der Waals surface area (Å²) in [6, 6.07) is 0.0323. The largest absolute Gasteiger partial charge is 0.480 e. The molecule has 0 aliphatic heterocycles. The minimum absolute atomic E-state index is 0.213. The van der Waals surface area contributed by atoms with Gasteiger partial charge in [-0.25, -0.2) is 9.48 Å². The highest BCUT2D eigenvalue weighted by molar-refractivity contribution is 5.74. The van der Waals surface area contributed by atoms with Crippen LogP contribution in [0, 0.1) is 0 Å². The van der Waals surface area contributed by atoms with E-state index in [0.717, 1.165) is 25.7 Å². The van der Waals surface area contributed by atoms with Crippen LogP contribution < -0.4 is 10.6 Å². The van der Waals surface area contributed by atoms with Crippen LogP contribution in [0.5, 0.6) is 0 Å². The number of aliphatic carboxylic acids is 1. The average molecular weight is 295 g/mol. The van der Waals surface area contributed by atoms with Crippen LogP contribution in [-0.4, -0.2) is 38.1 Å². The second-order valence-corrected chi connectivity index (χ2v) is 5.32. The lowest BCUT2D eigenvalue weighted by Gasteiger charge is -2.16. The van der Waals surface area contributed by atoms with Gasteiger partial charge in [-0.3, -0.25) is 4.79 Å². The highest BCUT2D eigenvalue weighted by Crippen LogP contribution is 2.16. The highest BCUT2D eigenvalue weighted by Gasteiger charge is 2.14. The standard InChI is InChI=1S/C13H21N5O3/c19-12(20)9-18-8-11(16-17-18)7-14-13(21)15-10-5-3-1-2-4-6-10/h8,10H,1-7,9H2,(H,19,20)(H2,14,15,21). The van der Waals surface area contributed by atoms with Crippen LogP contribution >= 0.6 is 0 Å². The third-order valence-corrected chi connectivity index (χ3v) is 3.50. The van der Waals surface area contributed by atoms with E-state index in [9.17, 15) is 9.59 Å². The van der Waals surface area contributed by atoms with Crippen molar-refractivity contribution in [3.63, 3.8) is 0 Å². The van der Waals surface area contributed by atoms with Crippen LogP contribution in [0.25, 0.3) is 0 Å². The van der Waals surface area contributed by atoms with Gasteiger partial charge in [-0.2, -0.15) is 0 Å². The molecule has 0 spiro atoms. The molecule has 1 heterocycles. The van der Waals surface area contributed by atoms with Crippen molar-refractivity contribution >= 4 is 12.0 Å². The number of nitrogens with one attached hydrogen (secondary N) is 2. The first-order chi connectivity index (χ1) is 10.1. The molecule has 0 radical (unpaired) electrons. The molecule has 3 N–H and O–H groups in total. The Morgan fingerprint density at radius 3 is 2.67 bits per heavy atom. The van der Waals surface area contributed by atoms with Crippen molar-refractivity contribution in [2.75, 3.05) is 0 Å². The number of aromatic nitrogens is 3. The van der Waals surface area contributed by atoms with E-state index >= 15 is 0 Å². The van der Waals surface area contributed by atoms with Crippen LogP contribution in [0.1, 0.15) is 44.2 Å². The van der Waals surface area contributed by atoms with Crippen molar-refractivity contribution in [2.24, 2.45) is 0 Å². The van der Waals surface area contributed by atoms with E-state index in [4.69, 9.17) is 5.11 Å². The fourth-order valence-electron chi connectivity index (χ4n) is 2.47. The molecule has 1 aliphatic carbocycles. The number of rotatable bonds is 5. The fourth-order valence-corrected chi connectivity index (χ4v) is 2.47. The van der Waals surface area contributed by atoms with Crippen molar-refractivity contribution in [1.82, 2.24) is 25.6 Å². The van der Waals surface area contributed by atoms with Gasteiger partial charge in [0.15, 0.2) is 0 Å². The van der Waals surface area contributed by atoms with Gasteiger partial charge in [-0.1, -0.05) is 30.9 Å². The topological polar surface area (TPSA) is 109 Å². The van der Waals surface area contributed by atoms with Crippen molar-refractivity contribution in [3.8, 4) is 0 Å². The van der Waals surface area contributed by atoms with Gasteiger partial charge in [0.25, 0.3) is 0 Å². The second kappa shape index (κ2) is 7.61. The lowest BCUT2D eigenvalue weighted by molar-refractivity contribution is -0.137. The molecule has 2 amide bonds. The molecule has 21 heavy (non-hydrogen) atoms. The molecule has 2 rings (SSSR count). The van der Waals surface area contributed by atoms with Crippen LogP contribution in [0.15, 0.2) is 6.20 Å². The third kappa shape index (κ3) is 5.41. The molecule has 0 atom stereocenters. The van der Waals surface area contributed by atoms with Crippen LogP contribution in [-0.2, 0) is 17.9 Å². The monoisotopic (exact) mass is 295 g/mol. The Morgan fingerprint density at radius 1 is 1.29 bits per heavy atom. The van der Waals surface area contributed by atoms with E-state index < -0.39 is 5.97 Å². The molecule has 1 aromatic rings. The van der Waals surface area contributed by atoms with Gasteiger partial charge in [-0.15, -0.1) is 5.10 Å². The second-order valence-electron chi connectivity index (χ2n) is 5.32. The predicted molar refractivity (Wildman–Crippen MR) is 74.5 cm³/mol. The molecule has 116 valence electrons. The SMILES string of the molecule is O=C(O)Cn1cc(CNC(=O)NC2CCCCCC2)nn1. The third-order valence-electron chi connectivity index (χ3n) is 3.50. The number of carboxylic acids is 1. The Labute approximate surface area is 122 Å². The summed E-state index contributed by atoms with van der Waals surface area (Å²) in [5.41, 5.74) is 0.535. The lowest BCUT2D eigenvalue weighted by atomic mass is 10.1. The number of urea groups is 1. The normalized spacial score (nSPS) is 16.2. The van der Waals surface area contributed by atoms with Gasteiger partial charge in [0, 0.05) is 6.04 Å². The summed E-state index contributed by atoms with van der Waals surface area (Å²) in [5, 5.41) is 21.8. The number of amides is 2. The molecule has 1 aliphatic rings. The summed E-state index contributed by atoms with van der Waals surface area (Å²) >= 11 is 0. The van der Waals surface area contributed by atoms with E-state index in [1.165, 1.54) is 23.7 Å². The van der Waals surface area contributed by atoms with Crippen molar-refractivity contribution in [3.05, 3.63) is 11.9 Å². The number of carbonyl (C=O) groups is 2. The lowest BCUT2D eigenvalue weighted by Crippen LogP contribution is -2.41. The molecule has 1 fully saturated rings. The summed E-state index contributed by atoms with van der Waals surface area (Å²) in [5.74, 6) is -0.981. The first-order valence-electron chi connectivity index (χ1n) is 7.28. The Bertz CT molecular complexity index is 480. The molecule has 0 bridgehead atoms. The molecule has 0 aromatic carbocycles. The smallest absolute Gasteiger partial charge is 0.325 e. The van der Waals surface area contributed by atoms with Crippen molar-refractivity contribution in [2.45, 2.75) is 57.7 Å². The predicted octanol–water partition coefficient (Wildman–Crippen LogP) is 0.885. The summed E-state index contributed by atoms with van der Waals surface area (Å²) in [7, 11) is 0. The van der Waals surface area contributed by atoms with E-state index in [1.807, 2.05) is 0 Å². The summed E-state index contributed by atoms with van der Waals surface area (Å²) in [6.45, 7) is -0.000553. The Morgan fingerprint density at radius 2 is 2.00 bits per heavy atom. The first kappa shape index (κ1) is 15.3. The quantitative estimate of drug-likeness (QED) is 0.699. The number of hydrogen-bond donors (Lipinski definition) is 3. The highest BCUT2D eigenvalue weighted by atomic mass is 16.4. The number of hydrogen-bond acceptors (Lipinski definition) is 4. The zero-order chi connectivity index (χ0) is 15.1. The van der Waals surface area contributed by atoms with E-state index in [2.05, 4.69) is 20.9 Å². The molecule has 1 saturated carbocycles. The number of carbonyl (C=O) groups excluding carboxylic acids is 1. The van der Waals surface area contributed by atoms with Gasteiger partial charge >= 0.3 is 12.0 Å². The average Bonchev–Trinajstić information content (AvgIpc) is 2.70. The van der Waals surface area contributed by atoms with Gasteiger partial charge in [0.1, 0.15) is 12.2 Å². The summed E-state index contributed by atoms with van der Waals surface area (Å²) in [6.07, 6.45) is 8.38. The van der Waals surface area contributed by atoms with Gasteiger partial charge in [0.05, 0.1) is 12.7 Å². The Kier molecular flexibility index (Phi) is 5.53. The molecule has 8 heteroatoms. The number of nitrogens with zero attached hydrogens (tertiary/aromatic N) is 3. The van der Waals surface area contributed by atoms with E-state index in [-0.39, 0.29) is 25.2 Å². The van der Waals surface area contributed by atoms with Crippen molar-refractivity contribution < 1.29 is 14.7 Å². The maximum absolute atomic E-state index is 11.8. The minimum Gasteiger partial charge on any atom is -0.480 e. The van der Waals surface area contributed by atoms with Gasteiger partial charge in [-0.05, 0) is 12.8 Å². The Balaban J connectivity index is 1.72. The molecule has 0 unspecified atom stereocenters. The molecule has 1 aromatic heterocycles. The first-order valence-corrected chi connectivity index (χ1v) is 7.28. The molecular formula is C13H21N5O3. The zero-order valence-corrected chi connectivity index (χ0v) is 11.9. The van der Waals surface area contributed by atoms with E-state index in [1.54, 1.807) is 0 Å². The van der Waals surface area contributed by atoms with Crippen LogP contribution in [0.4, 0.5) is 4.79 Å². The fraction of sp³-hybridized carbons (Fsp3) is 0.692. The van der Waals surface area contributed by atoms with Gasteiger partial charge < -0.3 is 15.7 Å².